The van der Waals surface area contributed by atoms with E-state index in [1.807, 2.05) is 4.90 Å². The van der Waals surface area contributed by atoms with E-state index in [0.29, 0.717) is 13.1 Å². The summed E-state index contributed by atoms with van der Waals surface area (Å²) in [5.41, 5.74) is -1.23. The summed E-state index contributed by atoms with van der Waals surface area (Å²) in [6, 6.07) is 0. The van der Waals surface area contributed by atoms with E-state index in [1.165, 1.54) is 0 Å². The van der Waals surface area contributed by atoms with Crippen molar-refractivity contribution in [1.29, 1.82) is 0 Å². The quantitative estimate of drug-likeness (QED) is 0.765. The third-order valence-corrected chi connectivity index (χ3v) is 4.21. The predicted molar refractivity (Wildman–Crippen MR) is 47.4 cm³/mol. The van der Waals surface area contributed by atoms with Crippen LogP contribution in [0.25, 0.3) is 0 Å². The molecule has 0 aromatic heterocycles. The van der Waals surface area contributed by atoms with Crippen molar-refractivity contribution in [2.45, 2.75) is 18.5 Å². The number of piperidine rings is 1. The van der Waals surface area contributed by atoms with Crippen LogP contribution in [0.15, 0.2) is 0 Å². The molecule has 2 aliphatic carbocycles. The lowest BCUT2D eigenvalue weighted by Gasteiger charge is -2.23. The molecule has 0 spiro atoms. The molecule has 5 heteroatoms. The first-order valence-corrected chi connectivity index (χ1v) is 5.34. The van der Waals surface area contributed by atoms with Crippen LogP contribution < -0.4 is 0 Å². The molecule has 0 bridgehead atoms. The molecule has 1 heterocycles. The summed E-state index contributed by atoms with van der Waals surface area (Å²) in [6.45, 7) is 0.925. The van der Waals surface area contributed by atoms with Crippen LogP contribution in [-0.4, -0.2) is 48.3 Å². The number of aliphatic hydroxyl groups is 1. The largest absolute Gasteiger partial charge is 0.396 e. The molecule has 1 N–H and O–H groups in total. The maximum absolute atomic E-state index is 13.0. The molecule has 2 nitrogen and oxygen atoms in total. The van der Waals surface area contributed by atoms with Crippen molar-refractivity contribution in [2.24, 2.45) is 17.3 Å². The van der Waals surface area contributed by atoms with E-state index >= 15 is 0 Å². The van der Waals surface area contributed by atoms with Gasteiger partial charge in [0.1, 0.15) is 6.17 Å². The summed E-state index contributed by atoms with van der Waals surface area (Å²) in [4.78, 5) is 1.88. The Balaban J connectivity index is 1.59. The molecule has 1 unspecified atom stereocenters. The lowest BCUT2D eigenvalue weighted by atomic mass is 10.1. The van der Waals surface area contributed by atoms with Crippen LogP contribution in [0.1, 0.15) is 6.42 Å². The molecular formula is C10H14F3NO. The average molecular weight is 221 g/mol. The number of nitrogens with zero attached hydrogens (tertiary/aromatic N) is 1. The van der Waals surface area contributed by atoms with Gasteiger partial charge in [0, 0.05) is 37.9 Å². The lowest BCUT2D eigenvalue weighted by molar-refractivity contribution is 0.0193. The fourth-order valence-corrected chi connectivity index (χ4v) is 2.87. The molecule has 2 saturated carbocycles. The highest BCUT2D eigenvalue weighted by Crippen LogP contribution is 2.61. The Kier molecular flexibility index (Phi) is 1.77. The maximum Gasteiger partial charge on any atom is 0.258 e. The van der Waals surface area contributed by atoms with Gasteiger partial charge in [-0.2, -0.15) is 0 Å². The molecule has 15 heavy (non-hydrogen) atoms. The monoisotopic (exact) mass is 221 g/mol. The first kappa shape index (κ1) is 9.90. The molecule has 0 aromatic carbocycles. The Labute approximate surface area is 86.1 Å². The first-order valence-electron chi connectivity index (χ1n) is 5.34. The van der Waals surface area contributed by atoms with Gasteiger partial charge in [0.2, 0.25) is 0 Å². The van der Waals surface area contributed by atoms with Crippen LogP contribution in [-0.2, 0) is 0 Å². The van der Waals surface area contributed by atoms with Crippen molar-refractivity contribution < 1.29 is 18.3 Å². The van der Waals surface area contributed by atoms with E-state index in [2.05, 4.69) is 0 Å². The summed E-state index contributed by atoms with van der Waals surface area (Å²) in [7, 11) is 0. The number of halogens is 3. The summed E-state index contributed by atoms with van der Waals surface area (Å²) in [6.07, 6.45) is -0.924. The van der Waals surface area contributed by atoms with Crippen LogP contribution in [0.5, 0.6) is 0 Å². The smallest absolute Gasteiger partial charge is 0.258 e. The molecule has 0 aromatic rings. The van der Waals surface area contributed by atoms with Gasteiger partial charge in [-0.05, 0) is 0 Å². The molecule has 86 valence electrons. The molecule has 0 radical (unpaired) electrons. The topological polar surface area (TPSA) is 23.5 Å². The highest BCUT2D eigenvalue weighted by molar-refractivity contribution is 5.14. The summed E-state index contributed by atoms with van der Waals surface area (Å²) in [5, 5.41) is 9.00. The standard InChI is InChI=1S/C10H14F3NO/c11-8-6-1-14(2-7(6)8)4-9(5-15)3-10(9,12)13/h6-8,15H,1-5H2/t6-,7+,8?,9-/m1/s1. The highest BCUT2D eigenvalue weighted by Gasteiger charge is 2.72. The molecule has 4 atom stereocenters. The van der Waals surface area contributed by atoms with Gasteiger partial charge in [0.05, 0.1) is 12.0 Å². The van der Waals surface area contributed by atoms with Crippen molar-refractivity contribution in [3.05, 3.63) is 0 Å². The van der Waals surface area contributed by atoms with Crippen LogP contribution in [0, 0.1) is 17.3 Å². The third-order valence-electron chi connectivity index (χ3n) is 4.21. The van der Waals surface area contributed by atoms with Gasteiger partial charge in [-0.15, -0.1) is 0 Å². The Morgan fingerprint density at radius 1 is 1.27 bits per heavy atom. The average Bonchev–Trinajstić information content (AvgIpc) is 2.85. The van der Waals surface area contributed by atoms with Gasteiger partial charge < -0.3 is 10.0 Å². The maximum atomic E-state index is 13.0. The zero-order chi connectivity index (χ0) is 10.8. The zero-order valence-corrected chi connectivity index (χ0v) is 8.30. The number of rotatable bonds is 3. The number of likely N-dealkylation sites (tertiary alicyclic amines) is 1. The van der Waals surface area contributed by atoms with Gasteiger partial charge in [0.15, 0.2) is 0 Å². The zero-order valence-electron chi connectivity index (χ0n) is 8.30. The highest BCUT2D eigenvalue weighted by atomic mass is 19.3. The van der Waals surface area contributed by atoms with E-state index in [9.17, 15) is 13.2 Å². The molecule has 3 fully saturated rings. The second-order valence-corrected chi connectivity index (χ2v) is 5.29. The first-order chi connectivity index (χ1) is 6.99. The van der Waals surface area contributed by atoms with Gasteiger partial charge >= 0.3 is 0 Å². The van der Waals surface area contributed by atoms with Crippen molar-refractivity contribution in [3.8, 4) is 0 Å². The summed E-state index contributed by atoms with van der Waals surface area (Å²) < 4.78 is 38.9. The van der Waals surface area contributed by atoms with E-state index in [-0.39, 0.29) is 24.8 Å². The van der Waals surface area contributed by atoms with Gasteiger partial charge in [-0.25, -0.2) is 13.2 Å². The lowest BCUT2D eigenvalue weighted by Crippen LogP contribution is -2.35. The van der Waals surface area contributed by atoms with Crippen molar-refractivity contribution in [3.63, 3.8) is 0 Å². The Morgan fingerprint density at radius 3 is 2.20 bits per heavy atom. The van der Waals surface area contributed by atoms with Crippen LogP contribution >= 0.6 is 0 Å². The molecule has 3 aliphatic rings. The van der Waals surface area contributed by atoms with Gasteiger partial charge in [-0.3, -0.25) is 0 Å². The fraction of sp³-hybridized carbons (Fsp3) is 1.00. The third kappa shape index (κ3) is 1.25. The summed E-state index contributed by atoms with van der Waals surface area (Å²) >= 11 is 0. The molecule has 3 rings (SSSR count). The van der Waals surface area contributed by atoms with Crippen LogP contribution in [0.3, 0.4) is 0 Å². The Morgan fingerprint density at radius 2 is 1.80 bits per heavy atom. The number of fused-ring (bicyclic) bond motifs is 1. The minimum atomic E-state index is -2.72. The second-order valence-electron chi connectivity index (χ2n) is 5.29. The van der Waals surface area contributed by atoms with Crippen LogP contribution in [0.4, 0.5) is 13.2 Å². The fourth-order valence-electron chi connectivity index (χ4n) is 2.87. The van der Waals surface area contributed by atoms with E-state index in [0.717, 1.165) is 0 Å². The molecular weight excluding hydrogens is 207 g/mol. The SMILES string of the molecule is OC[C@]1(CN2C[C@@H]3C(F)[C@@H]3C2)CC1(F)F. The predicted octanol–water partition coefficient (Wildman–Crippen LogP) is 0.904. The number of hydrogen-bond donors (Lipinski definition) is 1. The van der Waals surface area contributed by atoms with E-state index < -0.39 is 24.1 Å². The minimum Gasteiger partial charge on any atom is -0.396 e. The molecule has 1 saturated heterocycles. The molecule has 0 amide bonds. The van der Waals surface area contributed by atoms with Crippen molar-refractivity contribution in [1.82, 2.24) is 4.90 Å². The van der Waals surface area contributed by atoms with E-state index in [1.54, 1.807) is 0 Å². The normalized spacial score (nSPS) is 51.6. The minimum absolute atomic E-state index is 0.0770. The number of alkyl halides is 3. The number of aliphatic hydroxyl groups excluding tert-OH is 1. The molecule has 1 aliphatic heterocycles. The van der Waals surface area contributed by atoms with Gasteiger partial charge in [0.25, 0.3) is 5.92 Å². The Hall–Kier alpha value is -0.290. The van der Waals surface area contributed by atoms with Crippen molar-refractivity contribution >= 4 is 0 Å². The number of hydrogen-bond acceptors (Lipinski definition) is 2. The summed E-state index contributed by atoms with van der Waals surface area (Å²) in [5.74, 6) is -2.56. The Bertz CT molecular complexity index is 286. The second kappa shape index (κ2) is 2.69. The van der Waals surface area contributed by atoms with E-state index in [4.69, 9.17) is 5.11 Å². The van der Waals surface area contributed by atoms with Gasteiger partial charge in [-0.1, -0.05) is 0 Å². The van der Waals surface area contributed by atoms with Crippen molar-refractivity contribution in [2.75, 3.05) is 26.2 Å². The van der Waals surface area contributed by atoms with Crippen LogP contribution in [0.2, 0.25) is 0 Å².